The van der Waals surface area contributed by atoms with Gasteiger partial charge in [0, 0.05) is 11.5 Å². The second-order valence-electron chi connectivity index (χ2n) is 2.73. The molecule has 2 rings (SSSR count). The van der Waals surface area contributed by atoms with Gasteiger partial charge in [-0.15, -0.1) is 0 Å². The molecule has 0 saturated heterocycles. The van der Waals surface area contributed by atoms with E-state index in [1.165, 1.54) is 4.31 Å². The highest BCUT2D eigenvalue weighted by Crippen LogP contribution is 2.39. The van der Waals surface area contributed by atoms with Gasteiger partial charge >= 0.3 is 0 Å². The lowest BCUT2D eigenvalue weighted by Crippen LogP contribution is -2.21. The second kappa shape index (κ2) is 4.15. The summed E-state index contributed by atoms with van der Waals surface area (Å²) in [6.45, 7) is 0. The molecule has 0 amide bonds. The van der Waals surface area contributed by atoms with E-state index in [1.807, 2.05) is 0 Å². The van der Waals surface area contributed by atoms with Gasteiger partial charge in [0.15, 0.2) is 17.1 Å². The average Bonchev–Trinajstić information content (AvgIpc) is 2.49. The SMILES string of the molecule is Fc1cnc(N2SC=C(Cl)C2Cl)c(F)c1. The van der Waals surface area contributed by atoms with Crippen LogP contribution in [0.25, 0.3) is 0 Å². The zero-order valence-electron chi connectivity index (χ0n) is 7.12. The topological polar surface area (TPSA) is 16.1 Å². The van der Waals surface area contributed by atoms with Crippen LogP contribution in [-0.2, 0) is 0 Å². The standard InChI is InChI=1S/C8H4Cl2F2N2S/c9-5-3-15-14(7(5)10)8-6(12)1-4(11)2-13-8/h1-3,7H. The summed E-state index contributed by atoms with van der Waals surface area (Å²) in [5.74, 6) is -1.54. The Hall–Kier alpha value is -0.520. The second-order valence-corrected chi connectivity index (χ2v) is 4.42. The first-order valence-electron chi connectivity index (χ1n) is 3.86. The number of alkyl halides is 1. The highest BCUT2D eigenvalue weighted by molar-refractivity contribution is 8.03. The molecule has 0 saturated carbocycles. The molecule has 0 aliphatic carbocycles. The molecule has 1 aromatic rings. The molecule has 15 heavy (non-hydrogen) atoms. The van der Waals surface area contributed by atoms with Crippen LogP contribution in [0.15, 0.2) is 22.7 Å². The molecule has 1 atom stereocenters. The first kappa shape index (κ1) is 11.0. The molecule has 80 valence electrons. The van der Waals surface area contributed by atoms with E-state index < -0.39 is 17.1 Å². The molecular formula is C8H4Cl2F2N2S. The number of aromatic nitrogens is 1. The Morgan fingerprint density at radius 3 is 2.73 bits per heavy atom. The molecule has 1 aliphatic rings. The van der Waals surface area contributed by atoms with Gasteiger partial charge in [-0.3, -0.25) is 4.31 Å². The van der Waals surface area contributed by atoms with E-state index in [-0.39, 0.29) is 5.82 Å². The van der Waals surface area contributed by atoms with E-state index in [2.05, 4.69) is 4.98 Å². The Kier molecular flexibility index (Phi) is 3.04. The van der Waals surface area contributed by atoms with Crippen molar-refractivity contribution in [3.8, 4) is 0 Å². The highest BCUT2D eigenvalue weighted by Gasteiger charge is 2.28. The summed E-state index contributed by atoms with van der Waals surface area (Å²) in [6, 6.07) is 0.749. The molecule has 7 heteroatoms. The number of pyridine rings is 1. The van der Waals surface area contributed by atoms with Crippen molar-refractivity contribution >= 4 is 41.0 Å². The summed E-state index contributed by atoms with van der Waals surface area (Å²) in [6.07, 6.45) is 0.925. The molecule has 0 spiro atoms. The summed E-state index contributed by atoms with van der Waals surface area (Å²) >= 11 is 12.7. The molecule has 0 aromatic carbocycles. The summed E-state index contributed by atoms with van der Waals surface area (Å²) in [5.41, 5.74) is -0.677. The zero-order valence-corrected chi connectivity index (χ0v) is 9.45. The fraction of sp³-hybridized carbons (Fsp3) is 0.125. The van der Waals surface area contributed by atoms with Crippen molar-refractivity contribution in [1.82, 2.24) is 4.98 Å². The Labute approximate surface area is 99.0 Å². The van der Waals surface area contributed by atoms with Crippen LogP contribution in [0.5, 0.6) is 0 Å². The molecule has 2 nitrogen and oxygen atoms in total. The van der Waals surface area contributed by atoms with Gasteiger partial charge in [-0.25, -0.2) is 13.8 Å². The molecule has 0 N–H and O–H groups in total. The van der Waals surface area contributed by atoms with E-state index in [0.29, 0.717) is 5.03 Å². The van der Waals surface area contributed by atoms with Crippen LogP contribution in [0.2, 0.25) is 0 Å². The van der Waals surface area contributed by atoms with Crippen LogP contribution in [-0.4, -0.2) is 10.5 Å². The van der Waals surface area contributed by atoms with E-state index in [1.54, 1.807) is 5.41 Å². The molecule has 1 aromatic heterocycles. The number of nitrogens with zero attached hydrogens (tertiary/aromatic N) is 2. The van der Waals surface area contributed by atoms with E-state index in [0.717, 1.165) is 24.2 Å². The van der Waals surface area contributed by atoms with Crippen molar-refractivity contribution in [2.75, 3.05) is 4.31 Å². The van der Waals surface area contributed by atoms with Gasteiger partial charge in [0.1, 0.15) is 5.82 Å². The number of halogens is 4. The zero-order chi connectivity index (χ0) is 11.0. The van der Waals surface area contributed by atoms with Crippen molar-refractivity contribution in [3.63, 3.8) is 0 Å². The minimum atomic E-state index is -0.770. The van der Waals surface area contributed by atoms with Crippen LogP contribution < -0.4 is 4.31 Å². The van der Waals surface area contributed by atoms with E-state index >= 15 is 0 Å². The minimum absolute atomic E-state index is 0.0340. The van der Waals surface area contributed by atoms with Crippen LogP contribution in [0.3, 0.4) is 0 Å². The summed E-state index contributed by atoms with van der Waals surface area (Å²) in [5, 5.41) is 1.95. The van der Waals surface area contributed by atoms with Gasteiger partial charge in [0.25, 0.3) is 0 Å². The highest BCUT2D eigenvalue weighted by atomic mass is 35.5. The fourth-order valence-electron chi connectivity index (χ4n) is 1.06. The maximum absolute atomic E-state index is 13.3. The van der Waals surface area contributed by atoms with Gasteiger partial charge in [0.05, 0.1) is 11.2 Å². The molecule has 1 unspecified atom stereocenters. The molecular weight excluding hydrogens is 265 g/mol. The van der Waals surface area contributed by atoms with Crippen LogP contribution >= 0.6 is 35.1 Å². The molecule has 0 fully saturated rings. The quantitative estimate of drug-likeness (QED) is 0.441. The van der Waals surface area contributed by atoms with Crippen LogP contribution in [0.4, 0.5) is 14.6 Å². The van der Waals surface area contributed by atoms with E-state index in [4.69, 9.17) is 23.2 Å². The van der Waals surface area contributed by atoms with E-state index in [9.17, 15) is 8.78 Å². The smallest absolute Gasteiger partial charge is 0.177 e. The maximum Gasteiger partial charge on any atom is 0.177 e. The third-order valence-corrected chi connectivity index (χ3v) is 3.78. The largest absolute Gasteiger partial charge is 0.271 e. The molecule has 0 bridgehead atoms. The monoisotopic (exact) mass is 268 g/mol. The predicted molar refractivity (Wildman–Crippen MR) is 57.8 cm³/mol. The lowest BCUT2D eigenvalue weighted by Gasteiger charge is -2.19. The molecule has 1 aliphatic heterocycles. The third kappa shape index (κ3) is 2.04. The van der Waals surface area contributed by atoms with Crippen molar-refractivity contribution in [1.29, 1.82) is 0 Å². The Morgan fingerprint density at radius 2 is 2.20 bits per heavy atom. The van der Waals surface area contributed by atoms with Gasteiger partial charge in [0.2, 0.25) is 0 Å². The summed E-state index contributed by atoms with van der Waals surface area (Å²) in [4.78, 5) is 3.62. The summed E-state index contributed by atoms with van der Waals surface area (Å²) < 4.78 is 27.3. The van der Waals surface area contributed by atoms with Crippen molar-refractivity contribution in [2.24, 2.45) is 0 Å². The first-order chi connectivity index (χ1) is 7.09. The summed E-state index contributed by atoms with van der Waals surface area (Å²) in [7, 11) is 0. The van der Waals surface area contributed by atoms with Gasteiger partial charge in [-0.2, -0.15) is 0 Å². The first-order valence-corrected chi connectivity index (χ1v) is 5.51. The van der Waals surface area contributed by atoms with Gasteiger partial charge in [-0.1, -0.05) is 23.2 Å². The Morgan fingerprint density at radius 1 is 1.47 bits per heavy atom. The number of hydrogen-bond donors (Lipinski definition) is 0. The normalized spacial score (nSPS) is 20.7. The predicted octanol–water partition coefficient (Wildman–Crippen LogP) is 3.47. The minimum Gasteiger partial charge on any atom is -0.271 e. The lowest BCUT2D eigenvalue weighted by molar-refractivity contribution is 0.573. The fourth-order valence-corrected chi connectivity index (χ4v) is 2.50. The number of rotatable bonds is 1. The Balaban J connectivity index is 2.32. The van der Waals surface area contributed by atoms with Crippen LogP contribution in [0, 0.1) is 11.6 Å². The van der Waals surface area contributed by atoms with Crippen LogP contribution in [0.1, 0.15) is 0 Å². The number of anilines is 1. The third-order valence-electron chi connectivity index (χ3n) is 1.71. The lowest BCUT2D eigenvalue weighted by atomic mass is 10.4. The molecule has 0 radical (unpaired) electrons. The maximum atomic E-state index is 13.3. The number of hydrogen-bond acceptors (Lipinski definition) is 3. The van der Waals surface area contributed by atoms with Crippen molar-refractivity contribution in [2.45, 2.75) is 5.50 Å². The van der Waals surface area contributed by atoms with Gasteiger partial charge < -0.3 is 0 Å². The van der Waals surface area contributed by atoms with Crippen molar-refractivity contribution in [3.05, 3.63) is 34.3 Å². The average molecular weight is 269 g/mol. The van der Waals surface area contributed by atoms with Gasteiger partial charge in [-0.05, 0) is 11.9 Å². The van der Waals surface area contributed by atoms with Crippen molar-refractivity contribution < 1.29 is 8.78 Å². The molecule has 2 heterocycles. The Bertz CT molecular complexity index is 427.